The molecule has 6 aromatic rings. The molecule has 0 aliphatic carbocycles. The third-order valence-electron chi connectivity index (χ3n) is 6.80. The van der Waals surface area contributed by atoms with Crippen molar-refractivity contribution >= 4 is 40.0 Å². The number of alkyl halides is 3. The van der Waals surface area contributed by atoms with Crippen molar-refractivity contribution in [2.24, 2.45) is 5.73 Å². The van der Waals surface area contributed by atoms with E-state index in [2.05, 4.69) is 30.8 Å². The van der Waals surface area contributed by atoms with Crippen LogP contribution in [0.15, 0.2) is 73.2 Å². The second-order valence-electron chi connectivity index (χ2n) is 10.1. The number of amides is 2. The molecule has 3 N–H and O–H groups in total. The van der Waals surface area contributed by atoms with Gasteiger partial charge in [0, 0.05) is 17.8 Å². The van der Waals surface area contributed by atoms with Crippen LogP contribution in [0.4, 0.5) is 18.9 Å². The minimum Gasteiger partial charge on any atom is -0.365 e. The molecule has 6 rings (SSSR count). The number of anilines is 1. The van der Waals surface area contributed by atoms with Gasteiger partial charge in [0.25, 0.3) is 11.8 Å². The first-order valence-electron chi connectivity index (χ1n) is 13.3. The van der Waals surface area contributed by atoms with Crippen molar-refractivity contribution in [1.29, 1.82) is 0 Å². The molecule has 16 heteroatoms. The van der Waals surface area contributed by atoms with E-state index in [9.17, 15) is 22.8 Å². The van der Waals surface area contributed by atoms with Crippen LogP contribution >= 0.6 is 11.6 Å². The number of nitrogens with one attached hydrogen (secondary N) is 1. The zero-order valence-corrected chi connectivity index (χ0v) is 24.1. The van der Waals surface area contributed by atoms with Gasteiger partial charge >= 0.3 is 6.18 Å². The summed E-state index contributed by atoms with van der Waals surface area (Å²) < 4.78 is 42.9. The Morgan fingerprint density at radius 2 is 1.78 bits per heavy atom. The molecule has 0 unspecified atom stereocenters. The largest absolute Gasteiger partial charge is 0.436 e. The van der Waals surface area contributed by atoms with E-state index in [-0.39, 0.29) is 40.0 Å². The summed E-state index contributed by atoms with van der Waals surface area (Å²) >= 11 is 6.36. The maximum Gasteiger partial charge on any atom is 0.436 e. The fraction of sp³-hybridized carbons (Fsp3) is 0.138. The van der Waals surface area contributed by atoms with Crippen LogP contribution in [-0.4, -0.2) is 51.4 Å². The molecule has 0 saturated carbocycles. The van der Waals surface area contributed by atoms with E-state index in [4.69, 9.17) is 17.3 Å². The number of hydrogen-bond donors (Lipinski definition) is 2. The number of primary amides is 1. The summed E-state index contributed by atoms with van der Waals surface area (Å²) in [6.07, 6.45) is -0.738. The highest BCUT2D eigenvalue weighted by Crippen LogP contribution is 2.31. The van der Waals surface area contributed by atoms with E-state index < -0.39 is 23.7 Å². The number of nitrogens with zero attached hydrogens (tertiary/aromatic N) is 8. The lowest BCUT2D eigenvalue weighted by atomic mass is 10.0. The van der Waals surface area contributed by atoms with Crippen LogP contribution in [0.1, 0.15) is 43.4 Å². The third-order valence-corrected chi connectivity index (χ3v) is 7.10. The van der Waals surface area contributed by atoms with Gasteiger partial charge in [-0.3, -0.25) is 14.3 Å². The SMILES string of the molecule is Cc1cc2cn(Cc3ccccc3)nc2c(C(N)=O)c1NC(=O)c1cc(Cn2cc(C(F)(F)F)nn2)nn1-c1ncccc1Cl. The first-order valence-corrected chi connectivity index (χ1v) is 13.7. The maximum absolute atomic E-state index is 13.8. The number of pyridine rings is 1. The minimum absolute atomic E-state index is 0.00890. The molecule has 0 aliphatic rings. The van der Waals surface area contributed by atoms with E-state index in [1.807, 2.05) is 30.3 Å². The van der Waals surface area contributed by atoms with Crippen LogP contribution in [0.5, 0.6) is 0 Å². The Morgan fingerprint density at radius 3 is 2.47 bits per heavy atom. The summed E-state index contributed by atoms with van der Waals surface area (Å²) in [5.41, 5.74) is 6.68. The van der Waals surface area contributed by atoms with Crippen molar-refractivity contribution in [2.45, 2.75) is 26.2 Å². The molecule has 0 spiro atoms. The number of aromatic nitrogens is 8. The van der Waals surface area contributed by atoms with Gasteiger partial charge < -0.3 is 11.1 Å². The number of benzene rings is 2. The molecule has 4 aromatic heterocycles. The predicted molar refractivity (Wildman–Crippen MR) is 157 cm³/mol. The highest BCUT2D eigenvalue weighted by atomic mass is 35.5. The molecule has 2 amide bonds. The number of fused-ring (bicyclic) bond motifs is 1. The van der Waals surface area contributed by atoms with E-state index in [1.165, 1.54) is 18.3 Å². The molecule has 0 atom stereocenters. The number of aryl methyl sites for hydroxylation is 1. The number of carbonyl (C=O) groups excluding carboxylic acids is 2. The topological polar surface area (TPSA) is 151 Å². The zero-order chi connectivity index (χ0) is 31.9. The van der Waals surface area contributed by atoms with Gasteiger partial charge in [-0.05, 0) is 42.3 Å². The van der Waals surface area contributed by atoms with E-state index >= 15 is 0 Å². The van der Waals surface area contributed by atoms with Crippen molar-refractivity contribution in [3.05, 3.63) is 112 Å². The Hall–Kier alpha value is -5.57. The van der Waals surface area contributed by atoms with Crippen LogP contribution in [-0.2, 0) is 19.3 Å². The highest BCUT2D eigenvalue weighted by Gasteiger charge is 2.34. The Labute approximate surface area is 257 Å². The van der Waals surface area contributed by atoms with Crippen LogP contribution in [0.3, 0.4) is 0 Å². The zero-order valence-electron chi connectivity index (χ0n) is 23.3. The number of rotatable bonds is 8. The number of hydrogen-bond acceptors (Lipinski definition) is 7. The Balaban J connectivity index is 1.38. The van der Waals surface area contributed by atoms with Gasteiger partial charge in [0.15, 0.2) is 11.5 Å². The number of carbonyl (C=O) groups is 2. The van der Waals surface area contributed by atoms with Crippen LogP contribution in [0.2, 0.25) is 5.02 Å². The van der Waals surface area contributed by atoms with Crippen molar-refractivity contribution in [3.63, 3.8) is 0 Å². The summed E-state index contributed by atoms with van der Waals surface area (Å²) in [5, 5.41) is 19.2. The minimum atomic E-state index is -4.68. The second kappa shape index (κ2) is 11.5. The summed E-state index contributed by atoms with van der Waals surface area (Å²) in [6.45, 7) is 1.89. The normalized spacial score (nSPS) is 11.7. The van der Waals surface area contributed by atoms with Gasteiger partial charge in [0.2, 0.25) is 0 Å². The lowest BCUT2D eigenvalue weighted by Crippen LogP contribution is -2.22. The molecule has 0 fully saturated rings. The van der Waals surface area contributed by atoms with Crippen LogP contribution in [0, 0.1) is 6.92 Å². The van der Waals surface area contributed by atoms with Gasteiger partial charge in [-0.15, -0.1) is 5.10 Å². The van der Waals surface area contributed by atoms with E-state index in [1.54, 1.807) is 29.9 Å². The molecular formula is C29H22ClF3N10O2. The first kappa shape index (κ1) is 29.5. The lowest BCUT2D eigenvalue weighted by Gasteiger charge is -2.14. The van der Waals surface area contributed by atoms with Crippen molar-refractivity contribution in [1.82, 2.24) is 39.5 Å². The molecule has 0 radical (unpaired) electrons. The Morgan fingerprint density at radius 1 is 1.00 bits per heavy atom. The quantitative estimate of drug-likeness (QED) is 0.248. The average Bonchev–Trinajstić information content (AvgIpc) is 3.73. The van der Waals surface area contributed by atoms with Gasteiger partial charge in [-0.1, -0.05) is 47.1 Å². The Bertz CT molecular complexity index is 2070. The van der Waals surface area contributed by atoms with Gasteiger partial charge in [0.1, 0.15) is 11.2 Å². The third kappa shape index (κ3) is 5.97. The smallest absolute Gasteiger partial charge is 0.365 e. The molecule has 12 nitrogen and oxygen atoms in total. The van der Waals surface area contributed by atoms with Gasteiger partial charge in [0.05, 0.1) is 41.3 Å². The van der Waals surface area contributed by atoms with Crippen molar-refractivity contribution < 1.29 is 22.8 Å². The molecule has 4 heterocycles. The van der Waals surface area contributed by atoms with Gasteiger partial charge in [-0.2, -0.15) is 23.4 Å². The molecule has 228 valence electrons. The fourth-order valence-electron chi connectivity index (χ4n) is 4.82. The molecule has 0 aliphatic heterocycles. The first-order chi connectivity index (χ1) is 21.5. The average molecular weight is 635 g/mol. The van der Waals surface area contributed by atoms with Crippen molar-refractivity contribution in [2.75, 3.05) is 5.32 Å². The molecular weight excluding hydrogens is 613 g/mol. The van der Waals surface area contributed by atoms with Crippen LogP contribution in [0.25, 0.3) is 16.7 Å². The summed E-state index contributed by atoms with van der Waals surface area (Å²) in [7, 11) is 0. The van der Waals surface area contributed by atoms with Gasteiger partial charge in [-0.25, -0.2) is 14.3 Å². The fourth-order valence-corrected chi connectivity index (χ4v) is 5.02. The summed E-state index contributed by atoms with van der Waals surface area (Å²) in [5.74, 6) is -1.44. The monoisotopic (exact) mass is 634 g/mol. The number of halogens is 4. The second-order valence-corrected chi connectivity index (χ2v) is 10.5. The van der Waals surface area contributed by atoms with E-state index in [0.717, 1.165) is 21.1 Å². The van der Waals surface area contributed by atoms with E-state index in [0.29, 0.717) is 23.0 Å². The maximum atomic E-state index is 13.8. The molecule has 2 aromatic carbocycles. The lowest BCUT2D eigenvalue weighted by molar-refractivity contribution is -0.141. The molecule has 0 saturated heterocycles. The Kier molecular flexibility index (Phi) is 7.54. The standard InChI is InChI=1S/C29H22ClF3N10O2/c1-16-10-18-13-41(12-17-6-3-2-4-7-17)39-25(18)23(26(34)44)24(16)36-28(45)21-11-19(14-42-15-22(37-40-42)29(31,32)33)38-43(21)27-20(30)8-5-9-35-27/h2-11,13,15H,12,14H2,1H3,(H2,34,44)(H,36,45). The van der Waals surface area contributed by atoms with Crippen LogP contribution < -0.4 is 11.1 Å². The number of nitrogens with two attached hydrogens (primary N) is 1. The molecule has 0 bridgehead atoms. The summed E-state index contributed by atoms with van der Waals surface area (Å²) in [6, 6.07) is 15.9. The predicted octanol–water partition coefficient (Wildman–Crippen LogP) is 4.64. The highest BCUT2D eigenvalue weighted by molar-refractivity contribution is 6.32. The molecule has 45 heavy (non-hydrogen) atoms. The van der Waals surface area contributed by atoms with Crippen molar-refractivity contribution in [3.8, 4) is 5.82 Å². The summed E-state index contributed by atoms with van der Waals surface area (Å²) in [4.78, 5) is 30.8.